The van der Waals surface area contributed by atoms with Gasteiger partial charge >= 0.3 is 6.03 Å². The minimum atomic E-state index is -0.426. The number of hydrogen-bond acceptors (Lipinski definition) is 4. The Morgan fingerprint density at radius 2 is 2.12 bits per heavy atom. The maximum atomic E-state index is 11.7. The van der Waals surface area contributed by atoms with Gasteiger partial charge in [0.25, 0.3) is 0 Å². The molecule has 86 valence electrons. The van der Waals surface area contributed by atoms with Crippen molar-refractivity contribution < 1.29 is 9.59 Å². The van der Waals surface area contributed by atoms with Crippen molar-refractivity contribution in [1.82, 2.24) is 4.90 Å². The summed E-state index contributed by atoms with van der Waals surface area (Å²) >= 11 is 1.41. The lowest BCUT2D eigenvalue weighted by atomic mass is 10.2. The Morgan fingerprint density at radius 3 is 2.65 bits per heavy atom. The molecule has 6 heteroatoms. The fraction of sp³-hybridized carbons (Fsp3) is 0.182. The lowest BCUT2D eigenvalue weighted by Crippen LogP contribution is -2.36. The van der Waals surface area contributed by atoms with Crippen molar-refractivity contribution in [1.29, 1.82) is 5.26 Å². The highest BCUT2D eigenvalue weighted by molar-refractivity contribution is 8.00. The smallest absolute Gasteiger partial charge is 0.307 e. The van der Waals surface area contributed by atoms with E-state index in [9.17, 15) is 9.59 Å². The van der Waals surface area contributed by atoms with Crippen molar-refractivity contribution in [3.8, 4) is 6.07 Å². The Kier molecular flexibility index (Phi) is 3.30. The minimum absolute atomic E-state index is 0.179. The number of hydrogen-bond donors (Lipinski definition) is 1. The van der Waals surface area contributed by atoms with Crippen LogP contribution in [-0.2, 0) is 4.79 Å². The second-order valence-electron chi connectivity index (χ2n) is 3.42. The van der Waals surface area contributed by atoms with Gasteiger partial charge in [-0.05, 0) is 24.3 Å². The average molecular weight is 247 g/mol. The second-order valence-corrected chi connectivity index (χ2v) is 4.37. The van der Waals surface area contributed by atoms with Gasteiger partial charge < -0.3 is 5.32 Å². The molecule has 0 saturated carbocycles. The van der Waals surface area contributed by atoms with E-state index in [1.807, 2.05) is 6.07 Å². The lowest BCUT2D eigenvalue weighted by Gasteiger charge is -2.13. The monoisotopic (exact) mass is 247 g/mol. The van der Waals surface area contributed by atoms with Crippen molar-refractivity contribution in [3.63, 3.8) is 0 Å². The number of carbonyl (C=O) groups excluding carboxylic acids is 2. The van der Waals surface area contributed by atoms with E-state index in [1.165, 1.54) is 16.7 Å². The van der Waals surface area contributed by atoms with Gasteiger partial charge in [-0.15, -0.1) is 11.8 Å². The van der Waals surface area contributed by atoms with Crippen LogP contribution in [0, 0.1) is 11.3 Å². The summed E-state index contributed by atoms with van der Waals surface area (Å²) in [6, 6.07) is 8.04. The topological polar surface area (TPSA) is 73.2 Å². The normalized spacial score (nSPS) is 14.5. The molecule has 0 bridgehead atoms. The number of carbonyl (C=O) groups is 2. The summed E-state index contributed by atoms with van der Waals surface area (Å²) in [5.41, 5.74) is 1.09. The number of urea groups is 1. The van der Waals surface area contributed by atoms with Crippen molar-refractivity contribution >= 4 is 29.4 Å². The number of thioether (sulfide) groups is 1. The zero-order valence-corrected chi connectivity index (χ0v) is 9.66. The van der Waals surface area contributed by atoms with Gasteiger partial charge in [0, 0.05) is 5.69 Å². The summed E-state index contributed by atoms with van der Waals surface area (Å²) in [5.74, 6) is 0.558. The summed E-state index contributed by atoms with van der Waals surface area (Å²) in [5, 5.41) is 11.2. The maximum Gasteiger partial charge on any atom is 0.329 e. The molecule has 1 aromatic carbocycles. The van der Waals surface area contributed by atoms with Crippen molar-refractivity contribution in [2.75, 3.05) is 16.9 Å². The highest BCUT2D eigenvalue weighted by atomic mass is 32.2. The maximum absolute atomic E-state index is 11.7. The summed E-state index contributed by atoms with van der Waals surface area (Å²) in [4.78, 5) is 24.2. The van der Waals surface area contributed by atoms with Crippen LogP contribution in [0.1, 0.15) is 5.56 Å². The summed E-state index contributed by atoms with van der Waals surface area (Å²) in [6.07, 6.45) is 0. The molecule has 0 spiro atoms. The van der Waals surface area contributed by atoms with E-state index in [0.717, 1.165) is 0 Å². The predicted molar refractivity (Wildman–Crippen MR) is 64.3 cm³/mol. The highest BCUT2D eigenvalue weighted by Gasteiger charge is 2.26. The minimum Gasteiger partial charge on any atom is -0.307 e. The second kappa shape index (κ2) is 4.89. The van der Waals surface area contributed by atoms with Crippen molar-refractivity contribution in [3.05, 3.63) is 29.8 Å². The number of anilines is 1. The fourth-order valence-corrected chi connectivity index (χ4v) is 2.23. The highest BCUT2D eigenvalue weighted by Crippen LogP contribution is 2.17. The van der Waals surface area contributed by atoms with Gasteiger partial charge in [0.15, 0.2) is 0 Å². The standard InChI is InChI=1S/C11H9N3O2S/c12-5-8-1-3-9(4-2-8)13-11(16)14-7-17-6-10(14)15/h1-4H,6-7H2,(H,13,16). The molecule has 17 heavy (non-hydrogen) atoms. The molecule has 0 radical (unpaired) electrons. The third-order valence-corrected chi connectivity index (χ3v) is 3.15. The van der Waals surface area contributed by atoms with Crippen LogP contribution in [0.3, 0.4) is 0 Å². The van der Waals surface area contributed by atoms with Crippen LogP contribution in [0.2, 0.25) is 0 Å². The van der Waals surface area contributed by atoms with E-state index in [0.29, 0.717) is 22.9 Å². The van der Waals surface area contributed by atoms with Crippen LogP contribution in [0.15, 0.2) is 24.3 Å². The molecule has 1 aliphatic heterocycles. The van der Waals surface area contributed by atoms with Crippen LogP contribution in [0.5, 0.6) is 0 Å². The first-order chi connectivity index (χ1) is 8.20. The first-order valence-electron chi connectivity index (χ1n) is 4.90. The molecule has 0 unspecified atom stereocenters. The van der Waals surface area contributed by atoms with E-state index in [4.69, 9.17) is 5.26 Å². The number of imide groups is 1. The molecule has 2 rings (SSSR count). The molecule has 5 nitrogen and oxygen atoms in total. The molecule has 3 amide bonds. The summed E-state index contributed by atoms with van der Waals surface area (Å²) < 4.78 is 0. The first-order valence-corrected chi connectivity index (χ1v) is 6.05. The Morgan fingerprint density at radius 1 is 1.41 bits per heavy atom. The Labute approximate surface area is 102 Å². The van der Waals surface area contributed by atoms with E-state index in [1.54, 1.807) is 24.3 Å². The van der Waals surface area contributed by atoms with Gasteiger partial charge in [0.05, 0.1) is 23.3 Å². The average Bonchev–Trinajstić information content (AvgIpc) is 2.76. The lowest BCUT2D eigenvalue weighted by molar-refractivity contribution is -0.123. The Balaban J connectivity index is 2.03. The van der Waals surface area contributed by atoms with Crippen LogP contribution < -0.4 is 5.32 Å². The number of nitriles is 1. The molecule has 1 aliphatic rings. The molecule has 0 aromatic heterocycles. The zero-order chi connectivity index (χ0) is 12.3. The van der Waals surface area contributed by atoms with Gasteiger partial charge in [0.1, 0.15) is 0 Å². The number of rotatable bonds is 1. The molecule has 1 aromatic rings. The fourth-order valence-electron chi connectivity index (χ4n) is 1.37. The predicted octanol–water partition coefficient (Wildman–Crippen LogP) is 1.62. The van der Waals surface area contributed by atoms with Crippen LogP contribution >= 0.6 is 11.8 Å². The number of benzene rings is 1. The Bertz CT molecular complexity index is 492. The molecule has 0 aliphatic carbocycles. The van der Waals surface area contributed by atoms with Gasteiger partial charge in [0.2, 0.25) is 5.91 Å². The van der Waals surface area contributed by atoms with Crippen LogP contribution in [0.25, 0.3) is 0 Å². The van der Waals surface area contributed by atoms with Gasteiger partial charge in [-0.2, -0.15) is 5.26 Å². The zero-order valence-electron chi connectivity index (χ0n) is 8.84. The number of nitrogens with one attached hydrogen (secondary N) is 1. The number of nitrogens with zero attached hydrogens (tertiary/aromatic N) is 2. The van der Waals surface area contributed by atoms with Crippen LogP contribution in [-0.4, -0.2) is 28.5 Å². The molecular formula is C11H9N3O2S. The van der Waals surface area contributed by atoms with E-state index >= 15 is 0 Å². The molecular weight excluding hydrogens is 238 g/mol. The molecule has 0 atom stereocenters. The van der Waals surface area contributed by atoms with Crippen molar-refractivity contribution in [2.24, 2.45) is 0 Å². The summed E-state index contributed by atoms with van der Waals surface area (Å²) in [7, 11) is 0. The SMILES string of the molecule is N#Cc1ccc(NC(=O)N2CSCC2=O)cc1. The summed E-state index contributed by atoms with van der Waals surface area (Å²) in [6.45, 7) is 0. The molecule has 1 fully saturated rings. The van der Waals surface area contributed by atoms with Gasteiger partial charge in [-0.1, -0.05) is 0 Å². The van der Waals surface area contributed by atoms with E-state index in [-0.39, 0.29) is 5.91 Å². The first kappa shape index (κ1) is 11.5. The third-order valence-electron chi connectivity index (χ3n) is 2.26. The van der Waals surface area contributed by atoms with E-state index < -0.39 is 6.03 Å². The Hall–Kier alpha value is -2.00. The molecule has 1 saturated heterocycles. The molecule has 1 heterocycles. The van der Waals surface area contributed by atoms with Gasteiger partial charge in [-0.3, -0.25) is 9.69 Å². The van der Waals surface area contributed by atoms with Crippen molar-refractivity contribution in [2.45, 2.75) is 0 Å². The van der Waals surface area contributed by atoms with Gasteiger partial charge in [-0.25, -0.2) is 4.79 Å². The third kappa shape index (κ3) is 2.57. The van der Waals surface area contributed by atoms with E-state index in [2.05, 4.69) is 5.32 Å². The number of amides is 3. The molecule has 1 N–H and O–H groups in total. The van der Waals surface area contributed by atoms with Crippen LogP contribution in [0.4, 0.5) is 10.5 Å². The largest absolute Gasteiger partial charge is 0.329 e. The quantitative estimate of drug-likeness (QED) is 0.818.